The molecule has 2 rings (SSSR count). The highest BCUT2D eigenvalue weighted by Crippen LogP contribution is 2.31. The van der Waals surface area contributed by atoms with E-state index < -0.39 is 16.9 Å². The van der Waals surface area contributed by atoms with Gasteiger partial charge in [-0.15, -0.1) is 0 Å². The molecule has 0 unspecified atom stereocenters. The van der Waals surface area contributed by atoms with Gasteiger partial charge in [0.25, 0.3) is 5.69 Å². The molecule has 7 heteroatoms. The molecule has 0 aliphatic carbocycles. The van der Waals surface area contributed by atoms with Crippen LogP contribution in [-0.2, 0) is 14.3 Å². The van der Waals surface area contributed by atoms with Crippen molar-refractivity contribution in [3.63, 3.8) is 0 Å². The second-order valence-corrected chi connectivity index (χ2v) is 4.79. The predicted molar refractivity (Wildman–Crippen MR) is 73.3 cm³/mol. The number of rotatable bonds is 4. The third-order valence-electron chi connectivity index (χ3n) is 3.45. The van der Waals surface area contributed by atoms with Crippen molar-refractivity contribution in [3.05, 3.63) is 39.9 Å². The summed E-state index contributed by atoms with van der Waals surface area (Å²) in [4.78, 5) is 33.7. The van der Waals surface area contributed by atoms with Crippen LogP contribution < -0.4 is 5.32 Å². The summed E-state index contributed by atoms with van der Waals surface area (Å²) in [6.45, 7) is 2.00. The molecule has 112 valence electrons. The maximum absolute atomic E-state index is 12.0. The molecule has 1 saturated heterocycles. The molecule has 1 aliphatic heterocycles. The Labute approximate surface area is 121 Å². The molecule has 1 heterocycles. The molecule has 1 aliphatic rings. The summed E-state index contributed by atoms with van der Waals surface area (Å²) in [5, 5.41) is 13.4. The van der Waals surface area contributed by atoms with E-state index in [9.17, 15) is 19.7 Å². The lowest BCUT2D eigenvalue weighted by Crippen LogP contribution is -2.42. The van der Waals surface area contributed by atoms with E-state index in [-0.39, 0.29) is 30.6 Å². The van der Waals surface area contributed by atoms with Gasteiger partial charge in [-0.3, -0.25) is 19.7 Å². The Morgan fingerprint density at radius 1 is 1.43 bits per heavy atom. The molecule has 0 bridgehead atoms. The van der Waals surface area contributed by atoms with E-state index in [1.807, 2.05) is 0 Å². The van der Waals surface area contributed by atoms with Gasteiger partial charge in [-0.25, -0.2) is 0 Å². The molecule has 1 aromatic rings. The van der Waals surface area contributed by atoms with Crippen LogP contribution in [0, 0.1) is 16.0 Å². The van der Waals surface area contributed by atoms with Gasteiger partial charge in [-0.1, -0.05) is 12.1 Å². The van der Waals surface area contributed by atoms with Crippen LogP contribution >= 0.6 is 0 Å². The van der Waals surface area contributed by atoms with E-state index in [4.69, 9.17) is 4.74 Å². The van der Waals surface area contributed by atoms with Gasteiger partial charge < -0.3 is 10.1 Å². The Morgan fingerprint density at radius 2 is 2.10 bits per heavy atom. The molecule has 1 fully saturated rings. The summed E-state index contributed by atoms with van der Waals surface area (Å²) in [5.41, 5.74) is 0.625. The van der Waals surface area contributed by atoms with E-state index in [2.05, 4.69) is 5.32 Å². The monoisotopic (exact) mass is 292 g/mol. The summed E-state index contributed by atoms with van der Waals surface area (Å²) in [5.74, 6) is -0.969. The minimum absolute atomic E-state index is 0.0337. The van der Waals surface area contributed by atoms with Crippen molar-refractivity contribution in [1.82, 2.24) is 5.32 Å². The highest BCUT2D eigenvalue weighted by Gasteiger charge is 2.36. The molecule has 7 nitrogen and oxygen atoms in total. The number of amides is 1. The zero-order valence-electron chi connectivity index (χ0n) is 11.6. The van der Waals surface area contributed by atoms with Crippen LogP contribution in [0.2, 0.25) is 0 Å². The molecule has 0 radical (unpaired) electrons. The third-order valence-corrected chi connectivity index (χ3v) is 3.45. The van der Waals surface area contributed by atoms with Gasteiger partial charge >= 0.3 is 5.97 Å². The first-order valence-corrected chi connectivity index (χ1v) is 6.73. The number of hydrogen-bond donors (Lipinski definition) is 1. The van der Waals surface area contributed by atoms with E-state index in [0.717, 1.165) is 0 Å². The number of nitrogens with zero attached hydrogens (tertiary/aromatic N) is 1. The summed E-state index contributed by atoms with van der Waals surface area (Å²) in [7, 11) is 0. The highest BCUT2D eigenvalue weighted by atomic mass is 16.6. The smallest absolute Gasteiger partial charge is 0.311 e. The Balaban J connectivity index is 2.25. The number of benzene rings is 1. The van der Waals surface area contributed by atoms with Crippen LogP contribution in [0.15, 0.2) is 24.3 Å². The number of carbonyl (C=O) groups is 2. The molecule has 0 spiro atoms. The first-order valence-electron chi connectivity index (χ1n) is 6.73. The van der Waals surface area contributed by atoms with Gasteiger partial charge in [-0.05, 0) is 18.9 Å². The van der Waals surface area contributed by atoms with Crippen LogP contribution in [0.1, 0.15) is 31.4 Å². The minimum Gasteiger partial charge on any atom is -0.466 e. The third kappa shape index (κ3) is 3.36. The fourth-order valence-corrected chi connectivity index (χ4v) is 2.42. The lowest BCUT2D eigenvalue weighted by molar-refractivity contribution is -0.384. The Bertz CT molecular complexity index is 555. The number of ether oxygens (including phenoxy) is 1. The summed E-state index contributed by atoms with van der Waals surface area (Å²) < 4.78 is 5.03. The standard InChI is InChI=1S/C14H16N2O5/c1-2-21-14(18)11-7-8-12(17)15-13(11)9-3-5-10(6-4-9)16(19)20/h3-6,11,13H,2,7-8H2,1H3,(H,15,17)/t11-,13-/m0/s1. The van der Waals surface area contributed by atoms with E-state index >= 15 is 0 Å². The van der Waals surface area contributed by atoms with Crippen LogP contribution in [0.3, 0.4) is 0 Å². The minimum atomic E-state index is -0.508. The van der Waals surface area contributed by atoms with Crippen LogP contribution in [-0.4, -0.2) is 23.4 Å². The molecular formula is C14H16N2O5. The maximum Gasteiger partial charge on any atom is 0.311 e. The second-order valence-electron chi connectivity index (χ2n) is 4.79. The first kappa shape index (κ1) is 15.0. The van der Waals surface area contributed by atoms with Crippen LogP contribution in [0.5, 0.6) is 0 Å². The van der Waals surface area contributed by atoms with Crippen molar-refractivity contribution < 1.29 is 19.2 Å². The Hall–Kier alpha value is -2.44. The predicted octanol–water partition coefficient (Wildman–Crippen LogP) is 1.73. The number of nitro benzene ring substituents is 1. The van der Waals surface area contributed by atoms with Crippen molar-refractivity contribution in [2.45, 2.75) is 25.8 Å². The van der Waals surface area contributed by atoms with E-state index in [0.29, 0.717) is 12.0 Å². The van der Waals surface area contributed by atoms with Crippen LogP contribution in [0.25, 0.3) is 0 Å². The van der Waals surface area contributed by atoms with Gasteiger partial charge in [0, 0.05) is 18.6 Å². The van der Waals surface area contributed by atoms with Crippen molar-refractivity contribution in [1.29, 1.82) is 0 Å². The Kier molecular flexibility index (Phi) is 4.52. The SMILES string of the molecule is CCOC(=O)[C@H]1CCC(=O)N[C@H]1c1ccc([N+](=O)[O-])cc1. The zero-order valence-corrected chi connectivity index (χ0v) is 11.6. The number of esters is 1. The molecule has 21 heavy (non-hydrogen) atoms. The summed E-state index contributed by atoms with van der Waals surface area (Å²) in [6, 6.07) is 5.32. The van der Waals surface area contributed by atoms with E-state index in [1.54, 1.807) is 19.1 Å². The molecular weight excluding hydrogens is 276 g/mol. The maximum atomic E-state index is 12.0. The van der Waals surface area contributed by atoms with Crippen LogP contribution in [0.4, 0.5) is 5.69 Å². The number of hydrogen-bond acceptors (Lipinski definition) is 5. The van der Waals surface area contributed by atoms with Gasteiger partial charge in [0.05, 0.1) is 23.5 Å². The quantitative estimate of drug-likeness (QED) is 0.517. The average molecular weight is 292 g/mol. The average Bonchev–Trinajstić information content (AvgIpc) is 2.47. The lowest BCUT2D eigenvalue weighted by Gasteiger charge is -2.30. The zero-order chi connectivity index (χ0) is 15.4. The fourth-order valence-electron chi connectivity index (χ4n) is 2.42. The van der Waals surface area contributed by atoms with Crippen molar-refractivity contribution in [3.8, 4) is 0 Å². The number of carbonyl (C=O) groups excluding carboxylic acids is 2. The summed E-state index contributed by atoms with van der Waals surface area (Å²) >= 11 is 0. The Morgan fingerprint density at radius 3 is 2.67 bits per heavy atom. The van der Waals surface area contributed by atoms with Gasteiger partial charge in [0.15, 0.2) is 0 Å². The molecule has 2 atom stereocenters. The normalized spacial score (nSPS) is 21.5. The van der Waals surface area contributed by atoms with Gasteiger partial charge in [-0.2, -0.15) is 0 Å². The van der Waals surface area contributed by atoms with Crippen molar-refractivity contribution in [2.24, 2.45) is 5.92 Å². The highest BCUT2D eigenvalue weighted by molar-refractivity contribution is 5.82. The number of nitrogens with one attached hydrogen (secondary N) is 1. The van der Waals surface area contributed by atoms with Gasteiger partial charge in [0.1, 0.15) is 0 Å². The van der Waals surface area contributed by atoms with Crippen molar-refractivity contribution >= 4 is 17.6 Å². The molecule has 1 amide bonds. The van der Waals surface area contributed by atoms with Gasteiger partial charge in [0.2, 0.25) is 5.91 Å². The topological polar surface area (TPSA) is 98.5 Å². The van der Waals surface area contributed by atoms with E-state index in [1.165, 1.54) is 12.1 Å². The molecule has 1 N–H and O–H groups in total. The number of nitro groups is 1. The lowest BCUT2D eigenvalue weighted by atomic mass is 9.86. The molecule has 0 saturated carbocycles. The first-order chi connectivity index (χ1) is 10.0. The van der Waals surface area contributed by atoms with Crippen molar-refractivity contribution in [2.75, 3.05) is 6.61 Å². The number of non-ortho nitro benzene ring substituents is 1. The fraction of sp³-hybridized carbons (Fsp3) is 0.429. The summed E-state index contributed by atoms with van der Waals surface area (Å²) in [6.07, 6.45) is 0.680. The second kappa shape index (κ2) is 6.34. The number of piperidine rings is 1. The molecule has 0 aromatic heterocycles. The molecule has 1 aromatic carbocycles. The largest absolute Gasteiger partial charge is 0.466 e.